The minimum Gasteiger partial charge on any atom is -0.465 e. The van der Waals surface area contributed by atoms with Crippen LogP contribution in [0.3, 0.4) is 0 Å². The van der Waals surface area contributed by atoms with E-state index in [0.717, 1.165) is 13.4 Å². The van der Waals surface area contributed by atoms with E-state index in [-0.39, 0.29) is 21.8 Å². The number of ether oxygens (including phenoxy) is 1. The summed E-state index contributed by atoms with van der Waals surface area (Å²) in [6.45, 7) is 0. The van der Waals surface area contributed by atoms with Crippen molar-refractivity contribution in [2.24, 2.45) is 0 Å². The quantitative estimate of drug-likeness (QED) is 0.633. The number of hydrogen-bond donors (Lipinski definition) is 2. The molecular weight excluding hydrogens is 286 g/mol. The summed E-state index contributed by atoms with van der Waals surface area (Å²) in [6, 6.07) is 3.86. The molecule has 0 bridgehead atoms. The lowest BCUT2D eigenvalue weighted by Gasteiger charge is -2.10. The highest BCUT2D eigenvalue weighted by Crippen LogP contribution is 2.22. The lowest BCUT2D eigenvalue weighted by atomic mass is 10.2. The summed E-state index contributed by atoms with van der Waals surface area (Å²) in [5.41, 5.74) is 5.77. The van der Waals surface area contributed by atoms with Crippen LogP contribution < -0.4 is 10.5 Å². The number of benzene rings is 1. The maximum Gasteiger partial charge on any atom is 0.339 e. The molecule has 0 aliphatic rings. The fourth-order valence-corrected chi connectivity index (χ4v) is 2.76. The van der Waals surface area contributed by atoms with Gasteiger partial charge in [0.1, 0.15) is 16.8 Å². The number of nitrogen functional groups attached to an aromatic ring is 1. The molecule has 106 valence electrons. The molecule has 1 aromatic carbocycles. The normalized spacial score (nSPS) is 11.1. The molecule has 0 fully saturated rings. The van der Waals surface area contributed by atoms with Gasteiger partial charge in [0, 0.05) is 5.69 Å². The Labute approximate surface area is 114 Å². The predicted molar refractivity (Wildman–Crippen MR) is 69.5 cm³/mol. The Bertz CT molecular complexity index is 725. The van der Waals surface area contributed by atoms with E-state index < -0.39 is 16.0 Å². The van der Waals surface area contributed by atoms with E-state index in [1.807, 2.05) is 0 Å². The lowest BCUT2D eigenvalue weighted by molar-refractivity contribution is 0.0596. The number of nitrogens with zero attached hydrogens (tertiary/aromatic N) is 1. The fourth-order valence-electron chi connectivity index (χ4n) is 1.51. The van der Waals surface area contributed by atoms with E-state index in [2.05, 4.69) is 19.1 Å². The van der Waals surface area contributed by atoms with Crippen LogP contribution in [0.4, 0.5) is 11.4 Å². The highest BCUT2D eigenvalue weighted by molar-refractivity contribution is 7.92. The van der Waals surface area contributed by atoms with Crippen LogP contribution in [0.15, 0.2) is 40.1 Å². The van der Waals surface area contributed by atoms with Crippen molar-refractivity contribution >= 4 is 27.4 Å². The minimum atomic E-state index is -4.02. The Kier molecular flexibility index (Phi) is 3.61. The first-order chi connectivity index (χ1) is 9.44. The molecule has 0 aliphatic heterocycles. The van der Waals surface area contributed by atoms with Gasteiger partial charge >= 0.3 is 5.97 Å². The second-order valence-electron chi connectivity index (χ2n) is 3.77. The van der Waals surface area contributed by atoms with Crippen LogP contribution in [-0.2, 0) is 14.8 Å². The van der Waals surface area contributed by atoms with Crippen molar-refractivity contribution < 1.29 is 22.5 Å². The van der Waals surface area contributed by atoms with Crippen LogP contribution in [0.1, 0.15) is 10.4 Å². The highest BCUT2D eigenvalue weighted by atomic mass is 32.2. The van der Waals surface area contributed by atoms with Gasteiger partial charge in [-0.05, 0) is 18.2 Å². The molecule has 8 nitrogen and oxygen atoms in total. The number of carbonyl (C=O) groups excluding carboxylic acids is 1. The first kappa shape index (κ1) is 13.9. The van der Waals surface area contributed by atoms with E-state index >= 15 is 0 Å². The summed E-state index contributed by atoms with van der Waals surface area (Å²) in [6.07, 6.45) is 2.29. The third-order valence-electron chi connectivity index (χ3n) is 2.39. The summed E-state index contributed by atoms with van der Waals surface area (Å²) in [5, 5.41) is 3.37. The smallest absolute Gasteiger partial charge is 0.339 e. The zero-order valence-electron chi connectivity index (χ0n) is 10.4. The van der Waals surface area contributed by atoms with Crippen molar-refractivity contribution in [3.05, 3.63) is 36.2 Å². The number of nitrogens with one attached hydrogen (secondary N) is 1. The highest BCUT2D eigenvalue weighted by Gasteiger charge is 2.24. The van der Waals surface area contributed by atoms with E-state index in [4.69, 9.17) is 5.73 Å². The largest absolute Gasteiger partial charge is 0.465 e. The van der Waals surface area contributed by atoms with Crippen LogP contribution in [0.2, 0.25) is 0 Å². The van der Waals surface area contributed by atoms with Gasteiger partial charge in [-0.15, -0.1) is 0 Å². The van der Waals surface area contributed by atoms with Gasteiger partial charge < -0.3 is 15.0 Å². The predicted octanol–water partition coefficient (Wildman–Crippen LogP) is 0.844. The SMILES string of the molecule is COC(=O)c1ccc(N)cc1S(=O)(=O)Nc1cnoc1. The zero-order valence-corrected chi connectivity index (χ0v) is 11.2. The number of nitrogens with two attached hydrogens (primary N) is 1. The molecule has 1 heterocycles. The Morgan fingerprint density at radius 2 is 2.20 bits per heavy atom. The fraction of sp³-hybridized carbons (Fsp3) is 0.0909. The number of sulfonamides is 1. The van der Waals surface area contributed by atoms with Crippen molar-refractivity contribution in [2.45, 2.75) is 4.90 Å². The van der Waals surface area contributed by atoms with Crippen LogP contribution >= 0.6 is 0 Å². The van der Waals surface area contributed by atoms with E-state index in [0.29, 0.717) is 0 Å². The Balaban J connectivity index is 2.50. The topological polar surface area (TPSA) is 125 Å². The molecule has 0 aliphatic carbocycles. The van der Waals surface area contributed by atoms with Gasteiger partial charge in [0.2, 0.25) is 0 Å². The van der Waals surface area contributed by atoms with Gasteiger partial charge in [-0.2, -0.15) is 0 Å². The summed E-state index contributed by atoms with van der Waals surface area (Å²) in [5.74, 6) is -0.782. The van der Waals surface area contributed by atoms with Gasteiger partial charge in [-0.1, -0.05) is 5.16 Å². The Morgan fingerprint density at radius 3 is 2.80 bits per heavy atom. The number of rotatable bonds is 4. The van der Waals surface area contributed by atoms with Crippen LogP contribution in [0.25, 0.3) is 0 Å². The van der Waals surface area contributed by atoms with Crippen LogP contribution in [0, 0.1) is 0 Å². The molecule has 0 radical (unpaired) electrons. The van der Waals surface area contributed by atoms with Crippen molar-refractivity contribution in [1.82, 2.24) is 5.16 Å². The number of anilines is 2. The van der Waals surface area contributed by atoms with Crippen LogP contribution in [-0.4, -0.2) is 26.7 Å². The minimum absolute atomic E-state index is 0.120. The van der Waals surface area contributed by atoms with Gasteiger partial charge in [-0.25, -0.2) is 13.2 Å². The molecule has 0 atom stereocenters. The van der Waals surface area contributed by atoms with Crippen molar-refractivity contribution in [2.75, 3.05) is 17.6 Å². The summed E-state index contributed by atoms with van der Waals surface area (Å²) < 4.78 is 35.8. The number of esters is 1. The molecule has 20 heavy (non-hydrogen) atoms. The number of aromatic nitrogens is 1. The van der Waals surface area contributed by atoms with E-state index in [1.165, 1.54) is 24.4 Å². The molecule has 0 saturated carbocycles. The number of methoxy groups -OCH3 is 1. The molecule has 0 spiro atoms. The maximum absolute atomic E-state index is 12.2. The zero-order chi connectivity index (χ0) is 14.8. The summed E-state index contributed by atoms with van der Waals surface area (Å²) in [4.78, 5) is 11.3. The van der Waals surface area contributed by atoms with Crippen LogP contribution in [0.5, 0.6) is 0 Å². The van der Waals surface area contributed by atoms with E-state index in [1.54, 1.807) is 0 Å². The second kappa shape index (κ2) is 5.21. The molecule has 9 heteroatoms. The molecule has 1 aromatic heterocycles. The Hall–Kier alpha value is -2.55. The monoisotopic (exact) mass is 297 g/mol. The average Bonchev–Trinajstić information content (AvgIpc) is 2.90. The lowest BCUT2D eigenvalue weighted by Crippen LogP contribution is -2.17. The molecule has 2 aromatic rings. The van der Waals surface area contributed by atoms with Crippen molar-refractivity contribution in [3.63, 3.8) is 0 Å². The second-order valence-corrected chi connectivity index (χ2v) is 5.42. The van der Waals surface area contributed by atoms with E-state index in [9.17, 15) is 13.2 Å². The molecule has 3 N–H and O–H groups in total. The number of carbonyl (C=O) groups is 1. The first-order valence-electron chi connectivity index (χ1n) is 5.34. The maximum atomic E-state index is 12.2. The van der Waals surface area contributed by atoms with Gasteiger partial charge in [-0.3, -0.25) is 4.72 Å². The number of hydrogen-bond acceptors (Lipinski definition) is 7. The third kappa shape index (κ3) is 2.72. The molecule has 2 rings (SSSR count). The third-order valence-corrected chi connectivity index (χ3v) is 3.81. The first-order valence-corrected chi connectivity index (χ1v) is 6.82. The van der Waals surface area contributed by atoms with Crippen molar-refractivity contribution in [3.8, 4) is 0 Å². The summed E-state index contributed by atoms with van der Waals surface area (Å²) in [7, 11) is -2.87. The molecule has 0 amide bonds. The van der Waals surface area contributed by atoms with Gasteiger partial charge in [0.15, 0.2) is 0 Å². The molecule has 0 unspecified atom stereocenters. The molecular formula is C11H11N3O5S. The van der Waals surface area contributed by atoms with Gasteiger partial charge in [0.05, 0.1) is 18.9 Å². The Morgan fingerprint density at radius 1 is 1.45 bits per heavy atom. The summed E-state index contributed by atoms with van der Waals surface area (Å²) >= 11 is 0. The molecule has 0 saturated heterocycles. The van der Waals surface area contributed by atoms with Gasteiger partial charge in [0.25, 0.3) is 10.0 Å². The van der Waals surface area contributed by atoms with Crippen molar-refractivity contribution in [1.29, 1.82) is 0 Å². The average molecular weight is 297 g/mol. The standard InChI is InChI=1S/C11H11N3O5S/c1-18-11(15)9-3-2-7(12)4-10(9)20(16,17)14-8-5-13-19-6-8/h2-6,14H,12H2,1H3.